The number of amides is 1. The molecule has 7 heteroatoms. The molecule has 0 aromatic heterocycles. The van der Waals surface area contributed by atoms with Crippen molar-refractivity contribution in [3.63, 3.8) is 0 Å². The van der Waals surface area contributed by atoms with E-state index in [1.54, 1.807) is 48.5 Å². The highest BCUT2D eigenvalue weighted by molar-refractivity contribution is 7.90. The molecule has 150 valence electrons. The normalized spacial score (nSPS) is 21.6. The van der Waals surface area contributed by atoms with E-state index < -0.39 is 9.84 Å². The summed E-state index contributed by atoms with van der Waals surface area (Å²) in [5.74, 6) is -0.203. The largest absolute Gasteiger partial charge is 0.331 e. The number of nitrogens with one attached hydrogen (secondary N) is 1. The Kier molecular flexibility index (Phi) is 6.43. The summed E-state index contributed by atoms with van der Waals surface area (Å²) in [5.41, 5.74) is 1.08. The Bertz CT molecular complexity index is 920. The lowest BCUT2D eigenvalue weighted by atomic mass is 10.1. The lowest BCUT2D eigenvalue weighted by Gasteiger charge is -2.28. The number of hydrogen-bond acceptors (Lipinski definition) is 4. The maximum Gasteiger partial charge on any atom is 0.254 e. The maximum absolute atomic E-state index is 13.4. The summed E-state index contributed by atoms with van der Waals surface area (Å²) in [4.78, 5) is 15.6. The van der Waals surface area contributed by atoms with E-state index in [0.29, 0.717) is 11.1 Å². The quantitative estimate of drug-likeness (QED) is 0.825. The highest BCUT2D eigenvalue weighted by atomic mass is 35.5. The van der Waals surface area contributed by atoms with Crippen molar-refractivity contribution >= 4 is 28.2 Å². The van der Waals surface area contributed by atoms with Gasteiger partial charge in [-0.15, -0.1) is 12.4 Å². The number of nitrogens with zero attached hydrogens (tertiary/aromatic N) is 1. The van der Waals surface area contributed by atoms with Gasteiger partial charge in [-0.3, -0.25) is 4.79 Å². The van der Waals surface area contributed by atoms with Gasteiger partial charge in [0.25, 0.3) is 5.91 Å². The van der Waals surface area contributed by atoms with Crippen LogP contribution in [0.25, 0.3) is 0 Å². The first kappa shape index (κ1) is 20.8. The van der Waals surface area contributed by atoms with Crippen molar-refractivity contribution in [2.75, 3.05) is 13.1 Å². The number of fused-ring (bicyclic) bond motifs is 2. The minimum absolute atomic E-state index is 0. The molecule has 0 spiro atoms. The third kappa shape index (κ3) is 4.09. The Morgan fingerprint density at radius 1 is 0.964 bits per heavy atom. The average Bonchev–Trinajstić information content (AvgIpc) is 2.94. The van der Waals surface area contributed by atoms with Crippen molar-refractivity contribution < 1.29 is 13.2 Å². The molecule has 2 aliphatic rings. The van der Waals surface area contributed by atoms with Crippen LogP contribution in [0.2, 0.25) is 0 Å². The van der Waals surface area contributed by atoms with E-state index in [0.717, 1.165) is 32.4 Å². The monoisotopic (exact) mass is 420 g/mol. The summed E-state index contributed by atoms with van der Waals surface area (Å²) in [7, 11) is -3.50. The van der Waals surface area contributed by atoms with E-state index in [1.807, 2.05) is 11.0 Å². The topological polar surface area (TPSA) is 66.5 Å². The van der Waals surface area contributed by atoms with Gasteiger partial charge >= 0.3 is 0 Å². The molecule has 2 fully saturated rings. The highest BCUT2D eigenvalue weighted by Crippen LogP contribution is 2.31. The smallest absolute Gasteiger partial charge is 0.254 e. The van der Waals surface area contributed by atoms with Gasteiger partial charge in [0.1, 0.15) is 0 Å². The Hall–Kier alpha value is -1.89. The van der Waals surface area contributed by atoms with Gasteiger partial charge < -0.3 is 10.2 Å². The number of benzene rings is 2. The predicted molar refractivity (Wildman–Crippen MR) is 111 cm³/mol. The van der Waals surface area contributed by atoms with E-state index in [-0.39, 0.29) is 41.0 Å². The zero-order valence-electron chi connectivity index (χ0n) is 15.6. The minimum Gasteiger partial charge on any atom is -0.331 e. The molecule has 5 nitrogen and oxygen atoms in total. The number of rotatable bonds is 4. The summed E-state index contributed by atoms with van der Waals surface area (Å²) < 4.78 is 25.6. The van der Waals surface area contributed by atoms with Crippen molar-refractivity contribution in [2.24, 2.45) is 0 Å². The van der Waals surface area contributed by atoms with Crippen LogP contribution in [0.5, 0.6) is 0 Å². The van der Waals surface area contributed by atoms with Crippen LogP contribution >= 0.6 is 12.4 Å². The molecular formula is C21H25ClN2O3S. The van der Waals surface area contributed by atoms with Gasteiger partial charge in [-0.05, 0) is 49.6 Å². The summed E-state index contributed by atoms with van der Waals surface area (Å²) in [5, 5.41) is 3.40. The fraction of sp³-hybridized carbons (Fsp3) is 0.381. The first-order valence-electron chi connectivity index (χ1n) is 9.45. The zero-order chi connectivity index (χ0) is 18.9. The molecule has 0 radical (unpaired) electrons. The van der Waals surface area contributed by atoms with Gasteiger partial charge in [-0.1, -0.05) is 36.4 Å². The molecule has 2 saturated heterocycles. The van der Waals surface area contributed by atoms with Gasteiger partial charge in [0.15, 0.2) is 9.84 Å². The van der Waals surface area contributed by atoms with Gasteiger partial charge in [0, 0.05) is 24.2 Å². The van der Waals surface area contributed by atoms with Crippen LogP contribution in [-0.2, 0) is 15.6 Å². The molecule has 1 N–H and O–H groups in total. The third-order valence-electron chi connectivity index (χ3n) is 5.58. The number of hydrogen-bond donors (Lipinski definition) is 1. The van der Waals surface area contributed by atoms with Gasteiger partial charge in [-0.2, -0.15) is 0 Å². The molecule has 4 rings (SSSR count). The van der Waals surface area contributed by atoms with E-state index in [9.17, 15) is 13.2 Å². The molecule has 2 aromatic rings. The minimum atomic E-state index is -3.50. The van der Waals surface area contributed by atoms with E-state index in [2.05, 4.69) is 5.32 Å². The lowest BCUT2D eigenvalue weighted by Crippen LogP contribution is -2.42. The molecule has 28 heavy (non-hydrogen) atoms. The summed E-state index contributed by atoms with van der Waals surface area (Å²) in [6.07, 6.45) is 2.99. The lowest BCUT2D eigenvalue weighted by molar-refractivity contribution is 0.0679. The second-order valence-electron chi connectivity index (χ2n) is 7.32. The second-order valence-corrected chi connectivity index (χ2v) is 9.31. The average molecular weight is 421 g/mol. The summed E-state index contributed by atoms with van der Waals surface area (Å²) in [6.45, 7) is 1.74. The molecule has 1 amide bonds. The third-order valence-corrected chi connectivity index (χ3v) is 7.27. The summed E-state index contributed by atoms with van der Waals surface area (Å²) >= 11 is 0. The standard InChI is InChI=1S/C21H24N2O3S.ClH/c24-21(23-17-10-11-18(23)14-22-13-12-17)20-9-5-4-6-16(20)15-27(25,26)19-7-2-1-3-8-19;/h1-9,17-18,22H,10-15H2;1H. The Morgan fingerprint density at radius 2 is 1.64 bits per heavy atom. The fourth-order valence-corrected chi connectivity index (χ4v) is 5.62. The van der Waals surface area contributed by atoms with Gasteiger partial charge in [0.2, 0.25) is 0 Å². The summed E-state index contributed by atoms with van der Waals surface area (Å²) in [6, 6.07) is 16.0. The second kappa shape index (κ2) is 8.64. The van der Waals surface area contributed by atoms with Crippen LogP contribution in [-0.4, -0.2) is 44.4 Å². The van der Waals surface area contributed by atoms with Gasteiger partial charge in [0.05, 0.1) is 10.6 Å². The van der Waals surface area contributed by atoms with E-state index in [1.165, 1.54) is 0 Å². The molecule has 2 bridgehead atoms. The SMILES string of the molecule is Cl.O=C(c1ccccc1CS(=O)(=O)c1ccccc1)N1C2CCNCC1CC2. The highest BCUT2D eigenvalue weighted by Gasteiger charge is 2.39. The number of sulfone groups is 1. The fourth-order valence-electron chi connectivity index (χ4n) is 4.22. The van der Waals surface area contributed by atoms with Gasteiger partial charge in [-0.25, -0.2) is 8.42 Å². The van der Waals surface area contributed by atoms with Crippen molar-refractivity contribution in [3.05, 3.63) is 65.7 Å². The molecule has 2 aliphatic heterocycles. The van der Waals surface area contributed by atoms with Crippen LogP contribution in [0.15, 0.2) is 59.5 Å². The van der Waals surface area contributed by atoms with Crippen molar-refractivity contribution in [1.29, 1.82) is 0 Å². The van der Waals surface area contributed by atoms with Crippen molar-refractivity contribution in [2.45, 2.75) is 42.0 Å². The van der Waals surface area contributed by atoms with E-state index >= 15 is 0 Å². The molecule has 0 aliphatic carbocycles. The molecule has 2 heterocycles. The van der Waals surface area contributed by atoms with Crippen LogP contribution in [0.3, 0.4) is 0 Å². The van der Waals surface area contributed by atoms with Crippen LogP contribution in [0.1, 0.15) is 35.2 Å². The molecule has 2 atom stereocenters. The van der Waals surface area contributed by atoms with E-state index in [4.69, 9.17) is 0 Å². The van der Waals surface area contributed by atoms with Crippen LogP contribution in [0, 0.1) is 0 Å². The molecule has 2 aromatic carbocycles. The molecule has 0 saturated carbocycles. The first-order chi connectivity index (χ1) is 13.1. The molecular weight excluding hydrogens is 396 g/mol. The zero-order valence-corrected chi connectivity index (χ0v) is 17.2. The Labute approximate surface area is 172 Å². The molecule has 2 unspecified atom stereocenters. The number of halogens is 1. The first-order valence-corrected chi connectivity index (χ1v) is 11.1. The Morgan fingerprint density at radius 3 is 2.43 bits per heavy atom. The maximum atomic E-state index is 13.4. The van der Waals surface area contributed by atoms with Crippen LogP contribution < -0.4 is 5.32 Å². The van der Waals surface area contributed by atoms with Crippen LogP contribution in [0.4, 0.5) is 0 Å². The number of carbonyl (C=O) groups is 1. The van der Waals surface area contributed by atoms with Crippen molar-refractivity contribution in [3.8, 4) is 0 Å². The number of carbonyl (C=O) groups excluding carboxylic acids is 1. The Balaban J connectivity index is 0.00000225. The van der Waals surface area contributed by atoms with Crippen molar-refractivity contribution in [1.82, 2.24) is 10.2 Å². The predicted octanol–water partition coefficient (Wildman–Crippen LogP) is 3.05.